The van der Waals surface area contributed by atoms with Gasteiger partial charge in [-0.3, -0.25) is 0 Å². The molecule has 2 rings (SSSR count). The molecule has 0 aliphatic heterocycles. The lowest BCUT2D eigenvalue weighted by Gasteiger charge is -2.23. The molecule has 0 bridgehead atoms. The normalized spacial score (nSPS) is 16.3. The van der Waals surface area contributed by atoms with Gasteiger partial charge in [0.05, 0.1) is 24.6 Å². The lowest BCUT2D eigenvalue weighted by atomic mass is 9.95. The Morgan fingerprint density at radius 3 is 2.83 bits per heavy atom. The molecule has 0 aromatic carbocycles. The van der Waals surface area contributed by atoms with Crippen molar-refractivity contribution in [3.8, 4) is 0 Å². The van der Waals surface area contributed by atoms with Crippen LogP contribution in [-0.4, -0.2) is 24.1 Å². The molecular weight excluding hydrogens is 230 g/mol. The predicted octanol–water partition coefficient (Wildman–Crippen LogP) is 2.19. The summed E-state index contributed by atoms with van der Waals surface area (Å²) in [6, 6.07) is 2.11. The smallest absolute Gasteiger partial charge is 0.340 e. The zero-order valence-corrected chi connectivity index (χ0v) is 10.6. The summed E-state index contributed by atoms with van der Waals surface area (Å²) in [5.74, 6) is 0.262. The lowest BCUT2D eigenvalue weighted by Crippen LogP contribution is -2.23. The van der Waals surface area contributed by atoms with Gasteiger partial charge in [0.25, 0.3) is 0 Å². The summed E-state index contributed by atoms with van der Waals surface area (Å²) in [5, 5.41) is 3.35. The highest BCUT2D eigenvalue weighted by Gasteiger charge is 2.16. The maximum Gasteiger partial charge on any atom is 0.340 e. The number of hydrogen-bond acceptors (Lipinski definition) is 5. The molecule has 5 heteroatoms. The van der Waals surface area contributed by atoms with Crippen LogP contribution in [0.2, 0.25) is 0 Å². The van der Waals surface area contributed by atoms with E-state index in [2.05, 4.69) is 15.0 Å². The highest BCUT2D eigenvalue weighted by Crippen LogP contribution is 2.22. The summed E-state index contributed by atoms with van der Waals surface area (Å²) in [6.07, 6.45) is 7.60. The van der Waals surface area contributed by atoms with E-state index in [1.165, 1.54) is 32.6 Å². The summed E-state index contributed by atoms with van der Waals surface area (Å²) in [5.41, 5.74) is 6.42. The third kappa shape index (κ3) is 2.91. The van der Waals surface area contributed by atoms with E-state index in [0.717, 1.165) is 12.8 Å². The van der Waals surface area contributed by atoms with Crippen molar-refractivity contribution >= 4 is 17.5 Å². The van der Waals surface area contributed by atoms with Crippen molar-refractivity contribution in [2.75, 3.05) is 18.2 Å². The van der Waals surface area contributed by atoms with Crippen LogP contribution in [0.4, 0.5) is 11.5 Å². The van der Waals surface area contributed by atoms with Crippen LogP contribution in [0.25, 0.3) is 0 Å². The Balaban J connectivity index is 2.11. The molecule has 5 nitrogen and oxygen atoms in total. The Morgan fingerprint density at radius 2 is 2.17 bits per heavy atom. The van der Waals surface area contributed by atoms with Crippen molar-refractivity contribution in [2.24, 2.45) is 0 Å². The quantitative estimate of drug-likeness (QED) is 0.803. The number of aromatic nitrogens is 1. The van der Waals surface area contributed by atoms with Crippen LogP contribution < -0.4 is 11.1 Å². The van der Waals surface area contributed by atoms with Gasteiger partial charge >= 0.3 is 5.97 Å². The first kappa shape index (κ1) is 12.7. The molecule has 1 aliphatic carbocycles. The van der Waals surface area contributed by atoms with Gasteiger partial charge in [-0.25, -0.2) is 9.78 Å². The van der Waals surface area contributed by atoms with Gasteiger partial charge in [0.2, 0.25) is 0 Å². The Hall–Kier alpha value is -1.78. The molecule has 98 valence electrons. The maximum atomic E-state index is 11.5. The molecule has 1 saturated carbocycles. The highest BCUT2D eigenvalue weighted by atomic mass is 16.5. The topological polar surface area (TPSA) is 77.2 Å². The molecule has 0 unspecified atom stereocenters. The molecule has 1 heterocycles. The zero-order chi connectivity index (χ0) is 13.0. The minimum absolute atomic E-state index is 0.344. The number of carbonyl (C=O) groups excluding carboxylic acids is 1. The fraction of sp³-hybridized carbons (Fsp3) is 0.538. The number of nitrogen functional groups attached to an aromatic ring is 1. The molecule has 0 spiro atoms. The fourth-order valence-electron chi connectivity index (χ4n) is 2.29. The molecule has 1 aromatic rings. The molecule has 18 heavy (non-hydrogen) atoms. The van der Waals surface area contributed by atoms with Crippen molar-refractivity contribution in [1.29, 1.82) is 0 Å². The second kappa shape index (κ2) is 5.71. The number of carbonyl (C=O) groups is 1. The van der Waals surface area contributed by atoms with E-state index in [-0.39, 0.29) is 0 Å². The van der Waals surface area contributed by atoms with E-state index in [9.17, 15) is 4.79 Å². The molecule has 1 aliphatic rings. The number of pyridine rings is 1. The van der Waals surface area contributed by atoms with E-state index in [1.807, 2.05) is 0 Å². The summed E-state index contributed by atoms with van der Waals surface area (Å²) in [6.45, 7) is 0. The van der Waals surface area contributed by atoms with Crippen LogP contribution in [0.15, 0.2) is 12.3 Å². The van der Waals surface area contributed by atoms with Gasteiger partial charge in [-0.2, -0.15) is 0 Å². The molecule has 1 fully saturated rings. The lowest BCUT2D eigenvalue weighted by molar-refractivity contribution is 0.0602. The van der Waals surface area contributed by atoms with Gasteiger partial charge in [0, 0.05) is 6.04 Å². The largest absolute Gasteiger partial charge is 0.465 e. The van der Waals surface area contributed by atoms with Gasteiger partial charge in [0.1, 0.15) is 5.82 Å². The zero-order valence-electron chi connectivity index (χ0n) is 10.6. The van der Waals surface area contributed by atoms with E-state index >= 15 is 0 Å². The van der Waals surface area contributed by atoms with Crippen molar-refractivity contribution in [2.45, 2.75) is 38.1 Å². The maximum absolute atomic E-state index is 11.5. The first-order chi connectivity index (χ1) is 8.70. The van der Waals surface area contributed by atoms with E-state index in [0.29, 0.717) is 23.1 Å². The van der Waals surface area contributed by atoms with Crippen LogP contribution in [0.5, 0.6) is 0 Å². The van der Waals surface area contributed by atoms with Crippen LogP contribution in [-0.2, 0) is 4.74 Å². The van der Waals surface area contributed by atoms with Crippen LogP contribution >= 0.6 is 0 Å². The van der Waals surface area contributed by atoms with Crippen molar-refractivity contribution in [3.05, 3.63) is 17.8 Å². The molecule has 1 aromatic heterocycles. The van der Waals surface area contributed by atoms with Crippen LogP contribution in [0, 0.1) is 0 Å². The van der Waals surface area contributed by atoms with Gasteiger partial charge in [-0.15, -0.1) is 0 Å². The number of esters is 1. The number of anilines is 2. The number of nitrogens with two attached hydrogens (primary N) is 1. The minimum Gasteiger partial charge on any atom is -0.465 e. The first-order valence-electron chi connectivity index (χ1n) is 6.31. The Bertz CT molecular complexity index is 428. The minimum atomic E-state index is -0.429. The molecule has 3 N–H and O–H groups in total. The van der Waals surface area contributed by atoms with Gasteiger partial charge in [-0.05, 0) is 18.9 Å². The van der Waals surface area contributed by atoms with Gasteiger partial charge in [0.15, 0.2) is 0 Å². The van der Waals surface area contributed by atoms with E-state index < -0.39 is 5.97 Å². The number of methoxy groups -OCH3 is 1. The third-order valence-corrected chi connectivity index (χ3v) is 3.30. The van der Waals surface area contributed by atoms with Crippen molar-refractivity contribution < 1.29 is 9.53 Å². The molecule has 0 radical (unpaired) electrons. The molecule has 0 atom stereocenters. The average molecular weight is 249 g/mol. The number of rotatable bonds is 3. The second-order valence-electron chi connectivity index (χ2n) is 4.63. The van der Waals surface area contributed by atoms with Gasteiger partial charge in [-0.1, -0.05) is 19.3 Å². The van der Waals surface area contributed by atoms with Crippen LogP contribution in [0.3, 0.4) is 0 Å². The Labute approximate surface area is 107 Å². The Kier molecular flexibility index (Phi) is 4.02. The summed E-state index contributed by atoms with van der Waals surface area (Å²) in [4.78, 5) is 15.7. The fourth-order valence-corrected chi connectivity index (χ4v) is 2.29. The molecule has 0 amide bonds. The van der Waals surface area contributed by atoms with Crippen molar-refractivity contribution in [3.63, 3.8) is 0 Å². The molecular formula is C13H19N3O2. The third-order valence-electron chi connectivity index (χ3n) is 3.30. The number of ether oxygens (including phenoxy) is 1. The number of nitrogens with one attached hydrogen (secondary N) is 1. The highest BCUT2D eigenvalue weighted by molar-refractivity contribution is 5.95. The van der Waals surface area contributed by atoms with Gasteiger partial charge < -0.3 is 15.8 Å². The first-order valence-corrected chi connectivity index (χ1v) is 6.31. The average Bonchev–Trinajstić information content (AvgIpc) is 2.41. The summed E-state index contributed by atoms with van der Waals surface area (Å²) < 4.78 is 4.69. The van der Waals surface area contributed by atoms with E-state index in [4.69, 9.17) is 5.73 Å². The van der Waals surface area contributed by atoms with E-state index in [1.54, 1.807) is 6.07 Å². The van der Waals surface area contributed by atoms with Crippen molar-refractivity contribution in [1.82, 2.24) is 4.98 Å². The monoisotopic (exact) mass is 249 g/mol. The summed E-state index contributed by atoms with van der Waals surface area (Å²) in [7, 11) is 1.34. The number of nitrogens with zero attached hydrogens (tertiary/aromatic N) is 1. The van der Waals surface area contributed by atoms with Crippen LogP contribution in [0.1, 0.15) is 42.5 Å². The standard InChI is InChI=1S/C13H19N3O2/c1-18-13(17)10-7-12(15-8-11(10)14)16-9-5-3-2-4-6-9/h7-9H,2-6,14H2,1H3,(H,15,16). The predicted molar refractivity (Wildman–Crippen MR) is 70.5 cm³/mol. The molecule has 0 saturated heterocycles. The number of hydrogen-bond donors (Lipinski definition) is 2. The summed E-state index contributed by atoms with van der Waals surface area (Å²) >= 11 is 0. The second-order valence-corrected chi connectivity index (χ2v) is 4.63. The Morgan fingerprint density at radius 1 is 1.44 bits per heavy atom. The SMILES string of the molecule is COC(=O)c1cc(NC2CCCCC2)ncc1N.